The molecule has 0 atom stereocenters. The topological polar surface area (TPSA) is 79.0 Å². The Kier molecular flexibility index (Phi) is 4.14. The van der Waals surface area contributed by atoms with E-state index in [9.17, 15) is 18.8 Å². The van der Waals surface area contributed by atoms with Gasteiger partial charge in [0.25, 0.3) is 5.91 Å². The molecule has 122 valence electrons. The molecule has 4 amide bonds. The predicted molar refractivity (Wildman–Crippen MR) is 78.2 cm³/mol. The monoisotopic (exact) mass is 321 g/mol. The Morgan fingerprint density at radius 3 is 2.52 bits per heavy atom. The third kappa shape index (κ3) is 3.10. The Hall–Kier alpha value is -2.64. The number of piperidine rings is 1. The molecular formula is C15H16FN3O4. The van der Waals surface area contributed by atoms with Crippen molar-refractivity contribution < 1.29 is 23.5 Å². The second-order valence-corrected chi connectivity index (χ2v) is 5.45. The molecule has 0 saturated carbocycles. The number of hydrogen-bond donors (Lipinski definition) is 1. The van der Waals surface area contributed by atoms with Crippen molar-refractivity contribution in [2.45, 2.75) is 18.9 Å². The first-order valence-corrected chi connectivity index (χ1v) is 7.35. The van der Waals surface area contributed by atoms with Gasteiger partial charge in [-0.05, 0) is 25.0 Å². The molecule has 2 fully saturated rings. The van der Waals surface area contributed by atoms with Crippen LogP contribution in [0.2, 0.25) is 0 Å². The average Bonchev–Trinajstić information content (AvgIpc) is 2.88. The van der Waals surface area contributed by atoms with Crippen LogP contribution < -0.4 is 5.32 Å². The standard InChI is InChI=1S/C15H16FN3O4/c16-11-3-1-2-4-12(11)17-14(21)18-7-5-10(6-8-18)19-13(20)9-23-15(19)22/h1-4,10H,5-9H2,(H,17,21). The molecule has 0 bridgehead atoms. The molecule has 2 saturated heterocycles. The number of amides is 4. The summed E-state index contributed by atoms with van der Waals surface area (Å²) in [6.45, 7) is 0.539. The maximum Gasteiger partial charge on any atom is 0.417 e. The van der Waals surface area contributed by atoms with Crippen LogP contribution >= 0.6 is 0 Å². The highest BCUT2D eigenvalue weighted by Gasteiger charge is 2.39. The third-order valence-corrected chi connectivity index (χ3v) is 4.02. The van der Waals surface area contributed by atoms with Gasteiger partial charge in [-0.1, -0.05) is 12.1 Å². The summed E-state index contributed by atoms with van der Waals surface area (Å²) < 4.78 is 18.2. The number of imide groups is 1. The zero-order chi connectivity index (χ0) is 16.4. The van der Waals surface area contributed by atoms with Crippen molar-refractivity contribution >= 4 is 23.7 Å². The first kappa shape index (κ1) is 15.3. The number of cyclic esters (lactones) is 1. The zero-order valence-corrected chi connectivity index (χ0v) is 12.3. The lowest BCUT2D eigenvalue weighted by atomic mass is 10.0. The average molecular weight is 321 g/mol. The molecule has 3 rings (SSSR count). The van der Waals surface area contributed by atoms with Crippen molar-refractivity contribution in [3.8, 4) is 0 Å². The Morgan fingerprint density at radius 2 is 1.91 bits per heavy atom. The number of carbonyl (C=O) groups excluding carboxylic acids is 3. The molecule has 0 unspecified atom stereocenters. The van der Waals surface area contributed by atoms with Gasteiger partial charge in [0.1, 0.15) is 5.82 Å². The summed E-state index contributed by atoms with van der Waals surface area (Å²) in [6.07, 6.45) is 0.334. The van der Waals surface area contributed by atoms with Gasteiger partial charge in [-0.25, -0.2) is 18.9 Å². The second kappa shape index (κ2) is 6.23. The van der Waals surface area contributed by atoms with E-state index in [1.54, 1.807) is 12.1 Å². The molecule has 0 aliphatic carbocycles. The van der Waals surface area contributed by atoms with Crippen LogP contribution in [0.5, 0.6) is 0 Å². The number of rotatable bonds is 2. The van der Waals surface area contributed by atoms with Crippen LogP contribution in [-0.2, 0) is 9.53 Å². The van der Waals surface area contributed by atoms with Gasteiger partial charge in [-0.3, -0.25) is 4.79 Å². The summed E-state index contributed by atoms with van der Waals surface area (Å²) in [6, 6.07) is 5.28. The summed E-state index contributed by atoms with van der Waals surface area (Å²) in [4.78, 5) is 38.0. The Morgan fingerprint density at radius 1 is 1.22 bits per heavy atom. The zero-order valence-electron chi connectivity index (χ0n) is 12.3. The second-order valence-electron chi connectivity index (χ2n) is 5.45. The minimum absolute atomic E-state index is 0.123. The molecule has 7 nitrogen and oxygen atoms in total. The van der Waals surface area contributed by atoms with E-state index >= 15 is 0 Å². The highest BCUT2D eigenvalue weighted by molar-refractivity contribution is 5.98. The molecule has 2 heterocycles. The molecule has 8 heteroatoms. The maximum atomic E-state index is 13.5. The maximum absolute atomic E-state index is 13.5. The minimum atomic E-state index is -0.621. The van der Waals surface area contributed by atoms with E-state index in [-0.39, 0.29) is 24.2 Å². The van der Waals surface area contributed by atoms with Crippen LogP contribution in [-0.4, -0.2) is 53.6 Å². The molecule has 0 aromatic heterocycles. The van der Waals surface area contributed by atoms with E-state index in [1.165, 1.54) is 17.0 Å². The molecular weight excluding hydrogens is 305 g/mol. The smallest absolute Gasteiger partial charge is 0.417 e. The summed E-state index contributed by atoms with van der Waals surface area (Å²) in [5.41, 5.74) is 0.123. The van der Waals surface area contributed by atoms with Crippen LogP contribution in [0.3, 0.4) is 0 Å². The van der Waals surface area contributed by atoms with Gasteiger partial charge in [-0.2, -0.15) is 0 Å². The quantitative estimate of drug-likeness (QED) is 0.901. The van der Waals surface area contributed by atoms with Gasteiger partial charge >= 0.3 is 12.1 Å². The van der Waals surface area contributed by atoms with Crippen molar-refractivity contribution in [3.63, 3.8) is 0 Å². The van der Waals surface area contributed by atoms with Gasteiger partial charge in [0, 0.05) is 19.1 Å². The number of nitrogens with zero attached hydrogens (tertiary/aromatic N) is 2. The molecule has 2 aliphatic rings. The summed E-state index contributed by atoms with van der Waals surface area (Å²) in [7, 11) is 0. The Bertz CT molecular complexity index is 627. The number of ether oxygens (including phenoxy) is 1. The van der Waals surface area contributed by atoms with E-state index in [0.717, 1.165) is 4.90 Å². The first-order chi connectivity index (χ1) is 11.1. The van der Waals surface area contributed by atoms with Gasteiger partial charge in [-0.15, -0.1) is 0 Å². The fourth-order valence-corrected chi connectivity index (χ4v) is 2.80. The fourth-order valence-electron chi connectivity index (χ4n) is 2.80. The number of urea groups is 1. The van der Waals surface area contributed by atoms with Crippen molar-refractivity contribution in [3.05, 3.63) is 30.1 Å². The SMILES string of the molecule is O=C(Nc1ccccc1F)N1CCC(N2C(=O)COC2=O)CC1. The highest BCUT2D eigenvalue weighted by atomic mass is 19.1. The van der Waals surface area contributed by atoms with Gasteiger partial charge in [0.05, 0.1) is 5.69 Å². The summed E-state index contributed by atoms with van der Waals surface area (Å²) in [5, 5.41) is 2.52. The number of benzene rings is 1. The molecule has 1 aromatic rings. The van der Waals surface area contributed by atoms with Crippen molar-refractivity contribution in [2.24, 2.45) is 0 Å². The van der Waals surface area contributed by atoms with Crippen molar-refractivity contribution in [1.29, 1.82) is 0 Å². The fraction of sp³-hybridized carbons (Fsp3) is 0.400. The lowest BCUT2D eigenvalue weighted by molar-refractivity contribution is -0.127. The number of hydrogen-bond acceptors (Lipinski definition) is 4. The van der Waals surface area contributed by atoms with Crippen LogP contribution in [0.4, 0.5) is 19.7 Å². The molecule has 0 radical (unpaired) electrons. The predicted octanol–water partition coefficient (Wildman–Crippen LogP) is 1.80. The number of para-hydroxylation sites is 1. The molecule has 1 aromatic carbocycles. The number of likely N-dealkylation sites (tertiary alicyclic amines) is 1. The van der Waals surface area contributed by atoms with Gasteiger partial charge in [0.2, 0.25) is 0 Å². The largest absolute Gasteiger partial charge is 0.439 e. The minimum Gasteiger partial charge on any atom is -0.439 e. The number of anilines is 1. The Labute approximate surface area is 132 Å². The van der Waals surface area contributed by atoms with E-state index < -0.39 is 17.9 Å². The van der Waals surface area contributed by atoms with Gasteiger partial charge in [0.15, 0.2) is 6.61 Å². The third-order valence-electron chi connectivity index (χ3n) is 4.02. The Balaban J connectivity index is 1.56. The van der Waals surface area contributed by atoms with E-state index in [2.05, 4.69) is 5.32 Å². The number of halogens is 1. The lowest BCUT2D eigenvalue weighted by Crippen LogP contribution is -2.49. The first-order valence-electron chi connectivity index (χ1n) is 7.35. The van der Waals surface area contributed by atoms with E-state index in [1.807, 2.05) is 0 Å². The highest BCUT2D eigenvalue weighted by Crippen LogP contribution is 2.21. The van der Waals surface area contributed by atoms with Crippen LogP contribution in [0.15, 0.2) is 24.3 Å². The van der Waals surface area contributed by atoms with Crippen molar-refractivity contribution in [1.82, 2.24) is 9.80 Å². The normalized spacial score (nSPS) is 19.0. The lowest BCUT2D eigenvalue weighted by Gasteiger charge is -2.34. The van der Waals surface area contributed by atoms with E-state index in [0.29, 0.717) is 25.9 Å². The molecule has 1 N–H and O–H groups in total. The van der Waals surface area contributed by atoms with Crippen LogP contribution in [0.25, 0.3) is 0 Å². The summed E-state index contributed by atoms with van der Waals surface area (Å²) >= 11 is 0. The van der Waals surface area contributed by atoms with Gasteiger partial charge < -0.3 is 15.0 Å². The molecule has 23 heavy (non-hydrogen) atoms. The van der Waals surface area contributed by atoms with E-state index in [4.69, 9.17) is 4.74 Å². The molecule has 0 spiro atoms. The van der Waals surface area contributed by atoms with Crippen molar-refractivity contribution in [2.75, 3.05) is 25.0 Å². The van der Waals surface area contributed by atoms with Crippen LogP contribution in [0, 0.1) is 5.82 Å². The van der Waals surface area contributed by atoms with Crippen LogP contribution in [0.1, 0.15) is 12.8 Å². The molecule has 2 aliphatic heterocycles. The number of carbonyl (C=O) groups is 3. The number of nitrogens with one attached hydrogen (secondary N) is 1. The summed E-state index contributed by atoms with van der Waals surface area (Å²) in [5.74, 6) is -0.842.